The molecule has 0 aliphatic heterocycles. The fourth-order valence-electron chi connectivity index (χ4n) is 1.53. The van der Waals surface area contributed by atoms with Crippen LogP contribution in [0.4, 0.5) is 8.78 Å². The van der Waals surface area contributed by atoms with Gasteiger partial charge < -0.3 is 5.73 Å². The molecule has 0 fully saturated rings. The SMILES string of the molecule is CC(C)(C)Sc1ccccc1[C@@H](N)CC(F)F.Cl. The van der Waals surface area contributed by atoms with E-state index < -0.39 is 12.5 Å². The van der Waals surface area contributed by atoms with Gasteiger partial charge in [-0.2, -0.15) is 0 Å². The molecule has 1 atom stereocenters. The molecule has 0 aliphatic carbocycles. The Morgan fingerprint density at radius 3 is 2.28 bits per heavy atom. The Morgan fingerprint density at radius 1 is 1.22 bits per heavy atom. The number of rotatable bonds is 4. The Bertz CT molecular complexity index is 366. The molecule has 104 valence electrons. The van der Waals surface area contributed by atoms with Crippen LogP contribution in [0.2, 0.25) is 0 Å². The minimum Gasteiger partial charge on any atom is -0.324 e. The fourth-order valence-corrected chi connectivity index (χ4v) is 2.67. The van der Waals surface area contributed by atoms with Gasteiger partial charge in [0.1, 0.15) is 0 Å². The van der Waals surface area contributed by atoms with Crippen LogP contribution in [-0.2, 0) is 0 Å². The number of halogens is 3. The highest BCUT2D eigenvalue weighted by Crippen LogP contribution is 2.36. The summed E-state index contributed by atoms with van der Waals surface area (Å²) >= 11 is 1.66. The van der Waals surface area contributed by atoms with E-state index in [1.807, 2.05) is 24.3 Å². The number of hydrogen-bond acceptors (Lipinski definition) is 2. The Hall–Kier alpha value is -0.320. The Balaban J connectivity index is 0.00000289. The van der Waals surface area contributed by atoms with E-state index in [9.17, 15) is 8.78 Å². The quantitative estimate of drug-likeness (QED) is 0.818. The summed E-state index contributed by atoms with van der Waals surface area (Å²) in [5.74, 6) is 0. The van der Waals surface area contributed by atoms with E-state index in [0.717, 1.165) is 10.5 Å². The highest BCUT2D eigenvalue weighted by Gasteiger charge is 2.19. The van der Waals surface area contributed by atoms with Crippen LogP contribution in [0.1, 0.15) is 38.8 Å². The zero-order valence-electron chi connectivity index (χ0n) is 10.8. The molecule has 2 N–H and O–H groups in total. The molecule has 1 aromatic carbocycles. The van der Waals surface area contributed by atoms with Gasteiger partial charge in [0.15, 0.2) is 0 Å². The lowest BCUT2D eigenvalue weighted by Crippen LogP contribution is -2.16. The molecule has 1 aromatic rings. The molecule has 0 heterocycles. The molecular weight excluding hydrogens is 276 g/mol. The second-order valence-electron chi connectivity index (χ2n) is 4.99. The molecule has 1 rings (SSSR count). The number of nitrogens with two attached hydrogens (primary N) is 1. The smallest absolute Gasteiger partial charge is 0.240 e. The van der Waals surface area contributed by atoms with Crippen LogP contribution < -0.4 is 5.73 Å². The normalized spacial score (nSPS) is 13.3. The van der Waals surface area contributed by atoms with Gasteiger partial charge in [-0.05, 0) is 11.6 Å². The summed E-state index contributed by atoms with van der Waals surface area (Å²) in [6.45, 7) is 6.27. The van der Waals surface area contributed by atoms with Gasteiger partial charge >= 0.3 is 0 Å². The molecule has 18 heavy (non-hydrogen) atoms. The standard InChI is InChI=1S/C13H19F2NS.ClH/c1-13(2,3)17-11-7-5-4-6-9(11)10(16)8-12(14)15;/h4-7,10,12H,8,16H2,1-3H3;1H/t10-;/m0./s1. The maximum absolute atomic E-state index is 12.4. The van der Waals surface area contributed by atoms with E-state index in [2.05, 4.69) is 20.8 Å². The summed E-state index contributed by atoms with van der Waals surface area (Å²) in [7, 11) is 0. The van der Waals surface area contributed by atoms with Crippen LogP contribution in [0.15, 0.2) is 29.2 Å². The molecule has 1 nitrogen and oxygen atoms in total. The zero-order valence-corrected chi connectivity index (χ0v) is 12.5. The van der Waals surface area contributed by atoms with E-state index in [4.69, 9.17) is 5.73 Å². The second-order valence-corrected chi connectivity index (χ2v) is 6.85. The first kappa shape index (κ1) is 17.7. The van der Waals surface area contributed by atoms with Crippen molar-refractivity contribution in [1.29, 1.82) is 0 Å². The Morgan fingerprint density at radius 2 is 1.78 bits per heavy atom. The van der Waals surface area contributed by atoms with Gasteiger partial charge in [0, 0.05) is 22.1 Å². The van der Waals surface area contributed by atoms with Crippen LogP contribution in [0.3, 0.4) is 0 Å². The molecule has 0 radical (unpaired) electrons. The first-order valence-electron chi connectivity index (χ1n) is 5.61. The molecule has 0 aromatic heterocycles. The van der Waals surface area contributed by atoms with Gasteiger partial charge in [0.2, 0.25) is 6.43 Å². The van der Waals surface area contributed by atoms with E-state index in [1.54, 1.807) is 11.8 Å². The van der Waals surface area contributed by atoms with Crippen LogP contribution in [-0.4, -0.2) is 11.2 Å². The van der Waals surface area contributed by atoms with Crippen molar-refractivity contribution in [3.05, 3.63) is 29.8 Å². The van der Waals surface area contributed by atoms with Gasteiger partial charge in [-0.25, -0.2) is 8.78 Å². The van der Waals surface area contributed by atoms with E-state index in [-0.39, 0.29) is 23.6 Å². The van der Waals surface area contributed by atoms with E-state index in [1.165, 1.54) is 0 Å². The lowest BCUT2D eigenvalue weighted by Gasteiger charge is -2.22. The van der Waals surface area contributed by atoms with Crippen LogP contribution in [0, 0.1) is 0 Å². The van der Waals surface area contributed by atoms with Crippen LogP contribution in [0.25, 0.3) is 0 Å². The first-order valence-corrected chi connectivity index (χ1v) is 6.43. The van der Waals surface area contributed by atoms with Crippen molar-refractivity contribution in [1.82, 2.24) is 0 Å². The van der Waals surface area contributed by atoms with Gasteiger partial charge in [-0.15, -0.1) is 24.2 Å². The lowest BCUT2D eigenvalue weighted by molar-refractivity contribution is 0.128. The molecule has 0 aliphatic rings. The third kappa shape index (κ3) is 6.03. The average Bonchev–Trinajstić information content (AvgIpc) is 2.14. The summed E-state index contributed by atoms with van der Waals surface area (Å²) in [6, 6.07) is 6.93. The largest absolute Gasteiger partial charge is 0.324 e. The highest BCUT2D eigenvalue weighted by atomic mass is 35.5. The zero-order chi connectivity index (χ0) is 13.1. The molecule has 0 saturated heterocycles. The van der Waals surface area contributed by atoms with Crippen molar-refractivity contribution in [2.24, 2.45) is 5.73 Å². The number of hydrogen-bond donors (Lipinski definition) is 1. The van der Waals surface area contributed by atoms with Gasteiger partial charge in [0.05, 0.1) is 0 Å². The number of thioether (sulfide) groups is 1. The minimum atomic E-state index is -2.36. The summed E-state index contributed by atoms with van der Waals surface area (Å²) in [5.41, 5.74) is 6.63. The first-order chi connectivity index (χ1) is 7.79. The van der Waals surface area contributed by atoms with Gasteiger partial charge in [0.25, 0.3) is 0 Å². The molecule has 0 saturated carbocycles. The summed E-state index contributed by atoms with van der Waals surface area (Å²) < 4.78 is 24.7. The molecular formula is C13H20ClF2NS. The predicted molar refractivity (Wildman–Crippen MR) is 76.8 cm³/mol. The predicted octanol–water partition coefficient (Wildman–Crippen LogP) is 4.65. The van der Waals surface area contributed by atoms with Crippen molar-refractivity contribution >= 4 is 24.2 Å². The maximum atomic E-state index is 12.4. The lowest BCUT2D eigenvalue weighted by atomic mass is 10.1. The monoisotopic (exact) mass is 295 g/mol. The molecule has 0 spiro atoms. The van der Waals surface area contributed by atoms with E-state index in [0.29, 0.717) is 0 Å². The van der Waals surface area contributed by atoms with Crippen molar-refractivity contribution in [3.63, 3.8) is 0 Å². The molecule has 5 heteroatoms. The fraction of sp³-hybridized carbons (Fsp3) is 0.538. The van der Waals surface area contributed by atoms with Crippen molar-refractivity contribution in [2.45, 2.75) is 49.3 Å². The Kier molecular flexibility index (Phi) is 7.18. The summed E-state index contributed by atoms with van der Waals surface area (Å²) in [6.07, 6.45) is -2.65. The van der Waals surface area contributed by atoms with Crippen molar-refractivity contribution < 1.29 is 8.78 Å². The molecule has 0 unspecified atom stereocenters. The van der Waals surface area contributed by atoms with Gasteiger partial charge in [-0.1, -0.05) is 39.0 Å². The summed E-state index contributed by atoms with van der Waals surface area (Å²) in [5, 5.41) is 0. The summed E-state index contributed by atoms with van der Waals surface area (Å²) in [4.78, 5) is 0.994. The average molecular weight is 296 g/mol. The van der Waals surface area contributed by atoms with Crippen LogP contribution >= 0.6 is 24.2 Å². The highest BCUT2D eigenvalue weighted by molar-refractivity contribution is 8.00. The third-order valence-electron chi connectivity index (χ3n) is 2.17. The second kappa shape index (κ2) is 7.31. The maximum Gasteiger partial charge on any atom is 0.240 e. The number of benzene rings is 1. The Labute approximate surface area is 118 Å². The topological polar surface area (TPSA) is 26.0 Å². The number of alkyl halides is 2. The molecule has 0 amide bonds. The minimum absolute atomic E-state index is 0. The van der Waals surface area contributed by atoms with E-state index >= 15 is 0 Å². The molecule has 0 bridgehead atoms. The third-order valence-corrected chi connectivity index (χ3v) is 3.37. The van der Waals surface area contributed by atoms with Crippen molar-refractivity contribution in [2.75, 3.05) is 0 Å². The van der Waals surface area contributed by atoms with Gasteiger partial charge in [-0.3, -0.25) is 0 Å². The van der Waals surface area contributed by atoms with Crippen molar-refractivity contribution in [3.8, 4) is 0 Å². The van der Waals surface area contributed by atoms with Crippen LogP contribution in [0.5, 0.6) is 0 Å².